The van der Waals surface area contributed by atoms with Gasteiger partial charge >= 0.3 is 0 Å². The van der Waals surface area contributed by atoms with E-state index in [0.29, 0.717) is 12.3 Å². The zero-order chi connectivity index (χ0) is 22.1. The summed E-state index contributed by atoms with van der Waals surface area (Å²) in [5.74, 6) is -0.620. The van der Waals surface area contributed by atoms with Crippen molar-refractivity contribution >= 4 is 11.7 Å². The molecule has 1 aliphatic rings. The van der Waals surface area contributed by atoms with Crippen LogP contribution in [0.5, 0.6) is 5.75 Å². The van der Waals surface area contributed by atoms with Crippen LogP contribution in [0.15, 0.2) is 35.6 Å². The molecule has 0 radical (unpaired) electrons. The van der Waals surface area contributed by atoms with E-state index in [9.17, 15) is 14.7 Å². The molecule has 1 atom stereocenters. The second-order valence-electron chi connectivity index (χ2n) is 7.86. The summed E-state index contributed by atoms with van der Waals surface area (Å²) in [7, 11) is 1.57. The summed E-state index contributed by atoms with van der Waals surface area (Å²) in [5.41, 5.74) is 0.870. The number of unbranched alkanes of at least 4 members (excludes halogenated alkanes) is 2. The number of amides is 1. The Kier molecular flexibility index (Phi) is 9.37. The Labute approximate surface area is 180 Å². The van der Waals surface area contributed by atoms with E-state index < -0.39 is 17.7 Å². The van der Waals surface area contributed by atoms with E-state index in [1.807, 2.05) is 24.3 Å². The number of para-hydroxylation sites is 1. The summed E-state index contributed by atoms with van der Waals surface area (Å²) < 4.78 is 5.47. The van der Waals surface area contributed by atoms with Crippen molar-refractivity contribution < 1.29 is 19.4 Å². The third kappa shape index (κ3) is 5.63. The van der Waals surface area contributed by atoms with Crippen molar-refractivity contribution in [1.29, 1.82) is 0 Å². The highest BCUT2D eigenvalue weighted by Gasteiger charge is 2.43. The van der Waals surface area contributed by atoms with Crippen molar-refractivity contribution in [3.05, 3.63) is 41.2 Å². The number of rotatable bonds is 13. The van der Waals surface area contributed by atoms with Crippen LogP contribution in [0.2, 0.25) is 0 Å². The largest absolute Gasteiger partial charge is 0.503 e. The van der Waals surface area contributed by atoms with E-state index in [1.165, 1.54) is 6.92 Å². The number of ketones is 1. The number of hydrogen-bond donors (Lipinski definition) is 1. The maximum atomic E-state index is 12.8. The van der Waals surface area contributed by atoms with Crippen LogP contribution in [0.4, 0.5) is 0 Å². The molecule has 0 fully saturated rings. The Bertz CT molecular complexity index is 751. The van der Waals surface area contributed by atoms with Crippen molar-refractivity contribution in [2.24, 2.45) is 0 Å². The minimum absolute atomic E-state index is 0.151. The van der Waals surface area contributed by atoms with E-state index in [4.69, 9.17) is 4.74 Å². The molecule has 1 aliphatic heterocycles. The van der Waals surface area contributed by atoms with Crippen molar-refractivity contribution in [2.45, 2.75) is 58.9 Å². The second-order valence-corrected chi connectivity index (χ2v) is 7.86. The number of aliphatic hydroxyl groups excluding tert-OH is 1. The van der Waals surface area contributed by atoms with Crippen LogP contribution in [0.3, 0.4) is 0 Å². The van der Waals surface area contributed by atoms with E-state index in [1.54, 1.807) is 12.0 Å². The summed E-state index contributed by atoms with van der Waals surface area (Å²) in [4.78, 5) is 29.2. The van der Waals surface area contributed by atoms with Gasteiger partial charge in [0.25, 0.3) is 5.91 Å². The van der Waals surface area contributed by atoms with E-state index in [2.05, 4.69) is 18.7 Å². The highest BCUT2D eigenvalue weighted by molar-refractivity contribution is 6.08. The van der Waals surface area contributed by atoms with Crippen LogP contribution in [0.25, 0.3) is 0 Å². The number of carbonyl (C=O) groups is 2. The number of aliphatic hydroxyl groups is 1. The van der Waals surface area contributed by atoms with Crippen molar-refractivity contribution in [1.82, 2.24) is 9.80 Å². The number of benzene rings is 1. The van der Waals surface area contributed by atoms with Gasteiger partial charge in [-0.3, -0.25) is 9.59 Å². The van der Waals surface area contributed by atoms with Gasteiger partial charge in [0.05, 0.1) is 18.7 Å². The second kappa shape index (κ2) is 11.7. The van der Waals surface area contributed by atoms with Crippen LogP contribution in [0, 0.1) is 0 Å². The van der Waals surface area contributed by atoms with Crippen LogP contribution in [0.1, 0.15) is 64.5 Å². The summed E-state index contributed by atoms with van der Waals surface area (Å²) >= 11 is 0. The van der Waals surface area contributed by atoms with Crippen LogP contribution >= 0.6 is 0 Å². The molecule has 166 valence electrons. The summed E-state index contributed by atoms with van der Waals surface area (Å²) in [6.45, 7) is 9.25. The van der Waals surface area contributed by atoms with E-state index in [0.717, 1.165) is 57.3 Å². The quantitative estimate of drug-likeness (QED) is 0.520. The van der Waals surface area contributed by atoms with E-state index >= 15 is 0 Å². The number of Topliss-reactive ketones (excluding diaryl/α,β-unsaturated/α-hetero) is 1. The van der Waals surface area contributed by atoms with Gasteiger partial charge in [-0.1, -0.05) is 44.9 Å². The zero-order valence-electron chi connectivity index (χ0n) is 18.8. The third-order valence-corrected chi connectivity index (χ3v) is 5.65. The highest BCUT2D eigenvalue weighted by Crippen LogP contribution is 2.41. The number of carbonyl (C=O) groups excluding carboxylic acids is 2. The van der Waals surface area contributed by atoms with Gasteiger partial charge in [-0.15, -0.1) is 0 Å². The normalized spacial score (nSPS) is 16.6. The Morgan fingerprint density at radius 1 is 1.10 bits per heavy atom. The van der Waals surface area contributed by atoms with Crippen LogP contribution in [-0.2, 0) is 9.59 Å². The molecule has 1 aromatic rings. The lowest BCUT2D eigenvalue weighted by atomic mass is 9.96. The first-order chi connectivity index (χ1) is 14.5. The average Bonchev–Trinajstić information content (AvgIpc) is 3.00. The fraction of sp³-hybridized carbons (Fsp3) is 0.583. The molecule has 2 rings (SSSR count). The topological polar surface area (TPSA) is 70.1 Å². The van der Waals surface area contributed by atoms with Crippen LogP contribution in [-0.4, -0.2) is 59.9 Å². The zero-order valence-corrected chi connectivity index (χ0v) is 18.8. The summed E-state index contributed by atoms with van der Waals surface area (Å²) in [6.07, 6.45) is 5.41. The Morgan fingerprint density at radius 3 is 2.27 bits per heavy atom. The molecule has 6 nitrogen and oxygen atoms in total. The molecule has 0 unspecified atom stereocenters. The number of methoxy groups -OCH3 is 1. The maximum Gasteiger partial charge on any atom is 0.290 e. The molecule has 1 aromatic carbocycles. The molecule has 0 spiro atoms. The lowest BCUT2D eigenvalue weighted by Gasteiger charge is -2.29. The van der Waals surface area contributed by atoms with Gasteiger partial charge in [-0.05, 0) is 51.9 Å². The first-order valence-corrected chi connectivity index (χ1v) is 11.1. The molecule has 0 saturated carbocycles. The van der Waals surface area contributed by atoms with Crippen LogP contribution < -0.4 is 4.74 Å². The van der Waals surface area contributed by atoms with Crippen molar-refractivity contribution in [3.63, 3.8) is 0 Å². The molecule has 0 saturated heterocycles. The minimum atomic E-state index is -0.620. The number of ether oxygens (including phenoxy) is 1. The fourth-order valence-electron chi connectivity index (χ4n) is 4.02. The molecule has 1 amide bonds. The minimum Gasteiger partial charge on any atom is -0.503 e. The van der Waals surface area contributed by atoms with Gasteiger partial charge < -0.3 is 19.6 Å². The van der Waals surface area contributed by atoms with Gasteiger partial charge in [0.15, 0.2) is 11.5 Å². The molecule has 1 N–H and O–H groups in total. The summed E-state index contributed by atoms with van der Waals surface area (Å²) in [6, 6.07) is 6.73. The average molecular weight is 417 g/mol. The van der Waals surface area contributed by atoms with E-state index in [-0.39, 0.29) is 11.4 Å². The predicted molar refractivity (Wildman–Crippen MR) is 119 cm³/mol. The van der Waals surface area contributed by atoms with Gasteiger partial charge in [0.1, 0.15) is 5.75 Å². The molecule has 30 heavy (non-hydrogen) atoms. The molecular weight excluding hydrogens is 380 g/mol. The Hall–Kier alpha value is -2.34. The van der Waals surface area contributed by atoms with Crippen molar-refractivity contribution in [2.75, 3.05) is 33.3 Å². The van der Waals surface area contributed by atoms with Gasteiger partial charge in [0, 0.05) is 12.1 Å². The lowest BCUT2D eigenvalue weighted by Crippen LogP contribution is -2.35. The standard InChI is InChI=1S/C24H36N2O4/c1-5-7-14-25(15-8-6-2)16-11-17-26-22(19-12-9-10-13-20(19)30-4)21(18(3)27)23(28)24(26)29/h9-10,12-13,22,28H,5-8,11,14-17H2,1-4H3/t22-/m1/s1. The summed E-state index contributed by atoms with van der Waals surface area (Å²) in [5, 5.41) is 10.5. The molecule has 0 aromatic heterocycles. The Morgan fingerprint density at radius 2 is 1.70 bits per heavy atom. The molecule has 1 heterocycles. The predicted octanol–water partition coefficient (Wildman–Crippen LogP) is 4.27. The third-order valence-electron chi connectivity index (χ3n) is 5.65. The maximum absolute atomic E-state index is 12.8. The number of hydrogen-bond acceptors (Lipinski definition) is 5. The number of nitrogens with zero attached hydrogens (tertiary/aromatic N) is 2. The lowest BCUT2D eigenvalue weighted by molar-refractivity contribution is -0.129. The first-order valence-electron chi connectivity index (χ1n) is 11.1. The molecule has 6 heteroatoms. The first kappa shape index (κ1) is 23.9. The highest BCUT2D eigenvalue weighted by atomic mass is 16.5. The monoisotopic (exact) mass is 416 g/mol. The molecule has 0 bridgehead atoms. The van der Waals surface area contributed by atoms with Crippen molar-refractivity contribution in [3.8, 4) is 5.75 Å². The Balaban J connectivity index is 2.20. The van der Waals surface area contributed by atoms with Gasteiger partial charge in [-0.2, -0.15) is 0 Å². The smallest absolute Gasteiger partial charge is 0.290 e. The molecule has 0 aliphatic carbocycles. The van der Waals surface area contributed by atoms with Gasteiger partial charge in [-0.25, -0.2) is 0 Å². The fourth-order valence-corrected chi connectivity index (χ4v) is 4.02. The SMILES string of the molecule is CCCCN(CCCC)CCCN1C(=O)C(O)=C(C(C)=O)[C@H]1c1ccccc1OC. The van der Waals surface area contributed by atoms with Gasteiger partial charge in [0.2, 0.25) is 0 Å². The molecular formula is C24H36N2O4.